The lowest BCUT2D eigenvalue weighted by Crippen LogP contribution is -2.36. The minimum Gasteiger partial charge on any atom is -0.481 e. The fourth-order valence-corrected chi connectivity index (χ4v) is 1.36. The summed E-state index contributed by atoms with van der Waals surface area (Å²) in [6.07, 6.45) is 4.34. The number of aliphatic carboxylic acids is 1. The molecule has 0 amide bonds. The monoisotopic (exact) mass is 172 g/mol. The van der Waals surface area contributed by atoms with Crippen molar-refractivity contribution in [2.45, 2.75) is 44.6 Å². The van der Waals surface area contributed by atoms with Crippen LogP contribution in [-0.4, -0.2) is 23.3 Å². The van der Waals surface area contributed by atoms with Crippen molar-refractivity contribution in [3.8, 4) is 0 Å². The minimum atomic E-state index is -0.739. The molecule has 12 heavy (non-hydrogen) atoms. The summed E-state index contributed by atoms with van der Waals surface area (Å²) < 4.78 is 5.55. The van der Waals surface area contributed by atoms with Crippen LogP contribution in [0.5, 0.6) is 0 Å². The van der Waals surface area contributed by atoms with Crippen LogP contribution in [0.15, 0.2) is 0 Å². The smallest absolute Gasteiger partial charge is 0.303 e. The summed E-state index contributed by atoms with van der Waals surface area (Å²) in [6.45, 7) is 2.68. The Hall–Kier alpha value is -0.570. The molecule has 0 aromatic heterocycles. The Morgan fingerprint density at radius 1 is 1.58 bits per heavy atom. The molecule has 0 bridgehead atoms. The fraction of sp³-hybridized carbons (Fsp3) is 0.889. The maximum absolute atomic E-state index is 10.2. The minimum absolute atomic E-state index is 0.0680. The lowest BCUT2D eigenvalue weighted by atomic mass is 9.82. The van der Waals surface area contributed by atoms with Crippen molar-refractivity contribution < 1.29 is 14.6 Å². The topological polar surface area (TPSA) is 46.5 Å². The van der Waals surface area contributed by atoms with E-state index >= 15 is 0 Å². The molecule has 3 nitrogen and oxygen atoms in total. The summed E-state index contributed by atoms with van der Waals surface area (Å²) in [6, 6.07) is 0. The summed E-state index contributed by atoms with van der Waals surface area (Å²) in [5.74, 6) is -0.739. The predicted octanol–water partition coefficient (Wildman–Crippen LogP) is 1.81. The Morgan fingerprint density at radius 2 is 2.25 bits per heavy atom. The Kier molecular flexibility index (Phi) is 3.09. The number of rotatable bonds is 5. The van der Waals surface area contributed by atoms with Gasteiger partial charge in [0.25, 0.3) is 0 Å². The lowest BCUT2D eigenvalue weighted by molar-refractivity contribution is -0.138. The van der Waals surface area contributed by atoms with Crippen molar-refractivity contribution in [2.24, 2.45) is 0 Å². The summed E-state index contributed by atoms with van der Waals surface area (Å²) in [4.78, 5) is 10.2. The number of hydrogen-bond donors (Lipinski definition) is 1. The molecule has 0 heterocycles. The summed E-state index contributed by atoms with van der Waals surface area (Å²) >= 11 is 0. The van der Waals surface area contributed by atoms with Gasteiger partial charge in [-0.05, 0) is 32.6 Å². The van der Waals surface area contributed by atoms with Gasteiger partial charge < -0.3 is 9.84 Å². The van der Waals surface area contributed by atoms with Gasteiger partial charge in [0.1, 0.15) is 0 Å². The third kappa shape index (κ3) is 2.81. The van der Waals surface area contributed by atoms with Gasteiger partial charge in [0, 0.05) is 13.0 Å². The molecule has 1 rings (SSSR count). The van der Waals surface area contributed by atoms with Crippen LogP contribution in [0.1, 0.15) is 39.0 Å². The van der Waals surface area contributed by atoms with E-state index in [9.17, 15) is 4.79 Å². The van der Waals surface area contributed by atoms with Crippen molar-refractivity contribution >= 4 is 5.97 Å². The normalized spacial score (nSPS) is 20.1. The molecule has 0 saturated heterocycles. The Bertz CT molecular complexity index is 161. The molecule has 0 aliphatic heterocycles. The van der Waals surface area contributed by atoms with Crippen molar-refractivity contribution in [1.82, 2.24) is 0 Å². The van der Waals surface area contributed by atoms with Gasteiger partial charge >= 0.3 is 5.97 Å². The zero-order valence-corrected chi connectivity index (χ0v) is 7.51. The zero-order valence-electron chi connectivity index (χ0n) is 7.51. The van der Waals surface area contributed by atoms with Gasteiger partial charge in [-0.15, -0.1) is 0 Å². The molecule has 3 heteroatoms. The van der Waals surface area contributed by atoms with Gasteiger partial charge in [0.15, 0.2) is 0 Å². The van der Waals surface area contributed by atoms with Crippen LogP contribution in [0, 0.1) is 0 Å². The van der Waals surface area contributed by atoms with Crippen LogP contribution in [0.4, 0.5) is 0 Å². The molecule has 0 unspecified atom stereocenters. The van der Waals surface area contributed by atoms with E-state index in [1.807, 2.05) is 0 Å². The van der Waals surface area contributed by atoms with E-state index in [-0.39, 0.29) is 12.0 Å². The van der Waals surface area contributed by atoms with Gasteiger partial charge in [0.2, 0.25) is 0 Å². The van der Waals surface area contributed by atoms with Gasteiger partial charge in [-0.1, -0.05) is 0 Å². The van der Waals surface area contributed by atoms with Gasteiger partial charge in [-0.2, -0.15) is 0 Å². The average Bonchev–Trinajstić information content (AvgIpc) is 1.94. The number of hydrogen-bond acceptors (Lipinski definition) is 2. The molecule has 0 aromatic carbocycles. The molecule has 0 atom stereocenters. The first-order chi connectivity index (χ1) is 5.62. The third-order valence-corrected chi connectivity index (χ3v) is 2.40. The molecule has 70 valence electrons. The van der Waals surface area contributed by atoms with Crippen LogP contribution >= 0.6 is 0 Å². The molecule has 1 aliphatic rings. The number of carboxylic acid groups (broad SMARTS) is 1. The van der Waals surface area contributed by atoms with Crippen molar-refractivity contribution in [3.05, 3.63) is 0 Å². The first kappa shape index (κ1) is 9.52. The van der Waals surface area contributed by atoms with Crippen LogP contribution < -0.4 is 0 Å². The van der Waals surface area contributed by atoms with E-state index in [4.69, 9.17) is 9.84 Å². The van der Waals surface area contributed by atoms with Crippen LogP contribution in [0.2, 0.25) is 0 Å². The highest BCUT2D eigenvalue weighted by Crippen LogP contribution is 2.34. The highest BCUT2D eigenvalue weighted by Gasteiger charge is 2.32. The predicted molar refractivity (Wildman–Crippen MR) is 45.1 cm³/mol. The quantitative estimate of drug-likeness (QED) is 0.643. The summed E-state index contributed by atoms with van der Waals surface area (Å²) in [5.41, 5.74) is 0.0680. The maximum Gasteiger partial charge on any atom is 0.303 e. The second kappa shape index (κ2) is 3.90. The Morgan fingerprint density at radius 3 is 2.67 bits per heavy atom. The zero-order chi connectivity index (χ0) is 9.03. The molecular weight excluding hydrogens is 156 g/mol. The average molecular weight is 172 g/mol. The van der Waals surface area contributed by atoms with E-state index in [1.54, 1.807) is 0 Å². The second-order valence-corrected chi connectivity index (χ2v) is 3.65. The van der Waals surface area contributed by atoms with Crippen LogP contribution in [0.3, 0.4) is 0 Å². The molecular formula is C9H16O3. The molecule has 1 saturated carbocycles. The maximum atomic E-state index is 10.2. The fourth-order valence-electron chi connectivity index (χ4n) is 1.36. The first-order valence-electron chi connectivity index (χ1n) is 4.48. The largest absolute Gasteiger partial charge is 0.481 e. The molecule has 0 spiro atoms. The van der Waals surface area contributed by atoms with E-state index in [2.05, 4.69) is 6.92 Å². The van der Waals surface area contributed by atoms with E-state index in [1.165, 1.54) is 6.42 Å². The standard InChI is InChI=1S/C9H16O3/c1-9(5-3-6-9)12-7-2-4-8(10)11/h2-7H2,1H3,(H,10,11). The molecule has 1 N–H and O–H groups in total. The van der Waals surface area contributed by atoms with Crippen molar-refractivity contribution in [1.29, 1.82) is 0 Å². The number of ether oxygens (including phenoxy) is 1. The highest BCUT2D eigenvalue weighted by molar-refractivity contribution is 5.66. The van der Waals surface area contributed by atoms with Crippen LogP contribution in [-0.2, 0) is 9.53 Å². The van der Waals surface area contributed by atoms with Crippen molar-refractivity contribution in [2.75, 3.05) is 6.61 Å². The van der Waals surface area contributed by atoms with Gasteiger partial charge in [0.05, 0.1) is 5.60 Å². The van der Waals surface area contributed by atoms with Gasteiger partial charge in [-0.25, -0.2) is 0 Å². The Labute approximate surface area is 72.7 Å². The Balaban J connectivity index is 1.98. The van der Waals surface area contributed by atoms with Crippen LogP contribution in [0.25, 0.3) is 0 Å². The number of carboxylic acids is 1. The van der Waals surface area contributed by atoms with E-state index in [0.717, 1.165) is 12.8 Å². The molecule has 0 aromatic rings. The third-order valence-electron chi connectivity index (χ3n) is 2.40. The lowest BCUT2D eigenvalue weighted by Gasteiger charge is -2.38. The highest BCUT2D eigenvalue weighted by atomic mass is 16.5. The molecule has 1 fully saturated rings. The molecule has 0 radical (unpaired) electrons. The first-order valence-corrected chi connectivity index (χ1v) is 4.48. The second-order valence-electron chi connectivity index (χ2n) is 3.65. The van der Waals surface area contributed by atoms with Gasteiger partial charge in [-0.3, -0.25) is 4.79 Å². The molecule has 1 aliphatic carbocycles. The van der Waals surface area contributed by atoms with Crippen molar-refractivity contribution in [3.63, 3.8) is 0 Å². The summed E-state index contributed by atoms with van der Waals surface area (Å²) in [5, 5.41) is 8.36. The van der Waals surface area contributed by atoms with E-state index < -0.39 is 5.97 Å². The SMILES string of the molecule is CC1(OCCCC(=O)O)CCC1. The summed E-state index contributed by atoms with van der Waals surface area (Å²) in [7, 11) is 0. The van der Waals surface area contributed by atoms with E-state index in [0.29, 0.717) is 13.0 Å². The number of carbonyl (C=O) groups is 1.